The standard InChI is InChI=1S/C29H22N2O/c32-29-30(19-21-11-3-1-4-12-21)27-25-17-9-7-15-23(25)24-16-8-10-18-26(24)28(27)31(29)20-22-13-5-2-6-14-22/h1-18H,19-20H2. The SMILES string of the molecule is O=c1n(Cc2ccccc2)c2c3ccccc3c3ccccc3c2n1Cc1ccccc1. The first-order valence-corrected chi connectivity index (χ1v) is 10.9. The lowest BCUT2D eigenvalue weighted by molar-refractivity contribution is 0.702. The summed E-state index contributed by atoms with van der Waals surface area (Å²) in [5.74, 6) is 0. The molecule has 6 rings (SSSR count). The molecule has 32 heavy (non-hydrogen) atoms. The molecule has 0 radical (unpaired) electrons. The van der Waals surface area contributed by atoms with E-state index in [1.807, 2.05) is 45.5 Å². The number of hydrogen-bond acceptors (Lipinski definition) is 1. The Morgan fingerprint density at radius 1 is 0.438 bits per heavy atom. The molecule has 0 aliphatic heterocycles. The number of rotatable bonds is 4. The number of aromatic nitrogens is 2. The Bertz CT molecular complexity index is 1510. The van der Waals surface area contributed by atoms with Crippen molar-refractivity contribution in [3.63, 3.8) is 0 Å². The van der Waals surface area contributed by atoms with Gasteiger partial charge in [-0.3, -0.25) is 9.13 Å². The minimum atomic E-state index is 0.0224. The molecular weight excluding hydrogens is 392 g/mol. The predicted octanol–water partition coefficient (Wildman–Crippen LogP) is 6.21. The van der Waals surface area contributed by atoms with Crippen LogP contribution in [0.5, 0.6) is 0 Å². The van der Waals surface area contributed by atoms with Gasteiger partial charge >= 0.3 is 5.69 Å². The summed E-state index contributed by atoms with van der Waals surface area (Å²) in [7, 11) is 0. The van der Waals surface area contributed by atoms with Crippen LogP contribution in [0.3, 0.4) is 0 Å². The minimum Gasteiger partial charge on any atom is -0.287 e. The van der Waals surface area contributed by atoms with Gasteiger partial charge in [0, 0.05) is 10.8 Å². The number of nitrogens with zero attached hydrogens (tertiary/aromatic N) is 2. The highest BCUT2D eigenvalue weighted by Gasteiger charge is 2.20. The smallest absolute Gasteiger partial charge is 0.287 e. The number of benzene rings is 5. The first-order valence-electron chi connectivity index (χ1n) is 10.9. The largest absolute Gasteiger partial charge is 0.329 e. The Morgan fingerprint density at radius 3 is 1.19 bits per heavy atom. The lowest BCUT2D eigenvalue weighted by Gasteiger charge is -2.11. The van der Waals surface area contributed by atoms with Gasteiger partial charge < -0.3 is 0 Å². The van der Waals surface area contributed by atoms with Crippen LogP contribution in [0, 0.1) is 0 Å². The van der Waals surface area contributed by atoms with Crippen molar-refractivity contribution in [1.29, 1.82) is 0 Å². The summed E-state index contributed by atoms with van der Waals surface area (Å²) in [6.07, 6.45) is 0. The van der Waals surface area contributed by atoms with Gasteiger partial charge in [0.2, 0.25) is 0 Å². The molecule has 3 heteroatoms. The van der Waals surface area contributed by atoms with Crippen LogP contribution in [-0.4, -0.2) is 9.13 Å². The molecule has 0 aliphatic rings. The predicted molar refractivity (Wildman–Crippen MR) is 132 cm³/mol. The Balaban J connectivity index is 1.75. The molecule has 1 heterocycles. The lowest BCUT2D eigenvalue weighted by Crippen LogP contribution is -2.25. The van der Waals surface area contributed by atoms with Crippen LogP contribution in [0.1, 0.15) is 11.1 Å². The third-order valence-corrected chi connectivity index (χ3v) is 6.25. The Morgan fingerprint density at radius 2 is 0.781 bits per heavy atom. The van der Waals surface area contributed by atoms with Gasteiger partial charge in [-0.2, -0.15) is 0 Å². The summed E-state index contributed by atoms with van der Waals surface area (Å²) < 4.78 is 3.89. The average molecular weight is 415 g/mol. The first-order chi connectivity index (χ1) is 15.8. The molecule has 5 aromatic carbocycles. The summed E-state index contributed by atoms with van der Waals surface area (Å²) in [6.45, 7) is 1.08. The fraction of sp³-hybridized carbons (Fsp3) is 0.0690. The molecule has 0 unspecified atom stereocenters. The molecule has 0 N–H and O–H groups in total. The molecule has 0 amide bonds. The number of hydrogen-bond donors (Lipinski definition) is 0. The molecule has 3 nitrogen and oxygen atoms in total. The zero-order valence-corrected chi connectivity index (χ0v) is 17.6. The van der Waals surface area contributed by atoms with E-state index >= 15 is 0 Å². The number of imidazole rings is 1. The Labute approximate surface area is 185 Å². The van der Waals surface area contributed by atoms with Crippen LogP contribution in [0.2, 0.25) is 0 Å². The highest BCUT2D eigenvalue weighted by Crippen LogP contribution is 2.35. The second-order valence-corrected chi connectivity index (χ2v) is 8.21. The molecular formula is C29H22N2O. The van der Waals surface area contributed by atoms with E-state index in [2.05, 4.69) is 72.8 Å². The zero-order valence-electron chi connectivity index (χ0n) is 17.6. The van der Waals surface area contributed by atoms with E-state index in [4.69, 9.17) is 0 Å². The molecule has 0 bridgehead atoms. The Hall–Kier alpha value is -4.11. The van der Waals surface area contributed by atoms with Crippen LogP contribution in [-0.2, 0) is 13.1 Å². The van der Waals surface area contributed by atoms with Crippen molar-refractivity contribution in [2.45, 2.75) is 13.1 Å². The minimum absolute atomic E-state index is 0.0224. The Kier molecular flexibility index (Phi) is 4.39. The summed E-state index contributed by atoms with van der Waals surface area (Å²) in [4.78, 5) is 13.9. The maximum atomic E-state index is 13.9. The highest BCUT2D eigenvalue weighted by molar-refractivity contribution is 6.23. The van der Waals surface area contributed by atoms with Gasteiger partial charge in [0.05, 0.1) is 24.1 Å². The number of fused-ring (bicyclic) bond motifs is 6. The van der Waals surface area contributed by atoms with Crippen LogP contribution in [0.25, 0.3) is 32.6 Å². The van der Waals surface area contributed by atoms with E-state index in [-0.39, 0.29) is 5.69 Å². The van der Waals surface area contributed by atoms with E-state index in [9.17, 15) is 4.79 Å². The van der Waals surface area contributed by atoms with Gasteiger partial charge in [0.15, 0.2) is 0 Å². The summed E-state index contributed by atoms with van der Waals surface area (Å²) in [5, 5.41) is 4.57. The van der Waals surface area contributed by atoms with Crippen molar-refractivity contribution in [3.8, 4) is 0 Å². The first kappa shape index (κ1) is 18.6. The molecule has 154 valence electrons. The third-order valence-electron chi connectivity index (χ3n) is 6.25. The van der Waals surface area contributed by atoms with Crippen molar-refractivity contribution >= 4 is 32.6 Å². The molecule has 1 aromatic heterocycles. The van der Waals surface area contributed by atoms with Crippen molar-refractivity contribution in [2.24, 2.45) is 0 Å². The maximum Gasteiger partial charge on any atom is 0.329 e. The fourth-order valence-corrected chi connectivity index (χ4v) is 4.81. The molecule has 6 aromatic rings. The van der Waals surface area contributed by atoms with Crippen molar-refractivity contribution in [3.05, 3.63) is 131 Å². The molecule has 0 saturated carbocycles. The quantitative estimate of drug-likeness (QED) is 0.315. The molecule has 0 aliphatic carbocycles. The summed E-state index contributed by atoms with van der Waals surface area (Å²) >= 11 is 0. The normalized spacial score (nSPS) is 11.5. The van der Waals surface area contributed by atoms with E-state index in [0.717, 1.165) is 32.9 Å². The fourth-order valence-electron chi connectivity index (χ4n) is 4.81. The van der Waals surface area contributed by atoms with Crippen LogP contribution in [0.15, 0.2) is 114 Å². The topological polar surface area (TPSA) is 26.9 Å². The second-order valence-electron chi connectivity index (χ2n) is 8.21. The van der Waals surface area contributed by atoms with Crippen molar-refractivity contribution in [2.75, 3.05) is 0 Å². The van der Waals surface area contributed by atoms with Gasteiger partial charge in [0.1, 0.15) is 0 Å². The molecule has 0 fully saturated rings. The van der Waals surface area contributed by atoms with Crippen molar-refractivity contribution < 1.29 is 0 Å². The van der Waals surface area contributed by atoms with E-state index in [1.54, 1.807) is 0 Å². The van der Waals surface area contributed by atoms with Crippen molar-refractivity contribution in [1.82, 2.24) is 9.13 Å². The second kappa shape index (κ2) is 7.54. The van der Waals surface area contributed by atoms with Gasteiger partial charge in [-0.25, -0.2) is 4.79 Å². The maximum absolute atomic E-state index is 13.9. The van der Waals surface area contributed by atoms with Crippen LogP contribution >= 0.6 is 0 Å². The lowest BCUT2D eigenvalue weighted by atomic mass is 9.99. The van der Waals surface area contributed by atoms with E-state index in [0.29, 0.717) is 13.1 Å². The average Bonchev–Trinajstić information content (AvgIpc) is 3.12. The van der Waals surface area contributed by atoms with Gasteiger partial charge in [0.25, 0.3) is 0 Å². The summed E-state index contributed by atoms with van der Waals surface area (Å²) in [5.41, 5.74) is 4.26. The zero-order chi connectivity index (χ0) is 21.5. The molecule has 0 atom stereocenters. The van der Waals surface area contributed by atoms with Gasteiger partial charge in [-0.1, -0.05) is 109 Å². The molecule has 0 spiro atoms. The third kappa shape index (κ3) is 2.94. The van der Waals surface area contributed by atoms with E-state index in [1.165, 1.54) is 10.8 Å². The van der Waals surface area contributed by atoms with E-state index < -0.39 is 0 Å². The monoisotopic (exact) mass is 414 g/mol. The van der Waals surface area contributed by atoms with Crippen LogP contribution in [0.4, 0.5) is 0 Å². The summed E-state index contributed by atoms with van der Waals surface area (Å²) in [6, 6.07) is 37.3. The highest BCUT2D eigenvalue weighted by atomic mass is 16.1. The van der Waals surface area contributed by atoms with Crippen LogP contribution < -0.4 is 5.69 Å². The molecule has 0 saturated heterocycles. The van der Waals surface area contributed by atoms with Gasteiger partial charge in [-0.05, 0) is 21.9 Å². The van der Waals surface area contributed by atoms with Gasteiger partial charge in [-0.15, -0.1) is 0 Å².